The summed E-state index contributed by atoms with van der Waals surface area (Å²) in [5.74, 6) is -0.309. The van der Waals surface area contributed by atoms with Crippen molar-refractivity contribution in [2.75, 3.05) is 5.73 Å². The lowest BCUT2D eigenvalue weighted by Gasteiger charge is -2.01. The van der Waals surface area contributed by atoms with Crippen molar-refractivity contribution < 1.29 is 4.79 Å². The predicted octanol–water partition coefficient (Wildman–Crippen LogP) is 0.152. The van der Waals surface area contributed by atoms with Gasteiger partial charge in [-0.25, -0.2) is 9.97 Å². The van der Waals surface area contributed by atoms with Crippen LogP contribution in [-0.4, -0.2) is 20.4 Å². The van der Waals surface area contributed by atoms with Crippen molar-refractivity contribution >= 4 is 34.6 Å². The smallest absolute Gasteiger partial charge is 0.237 e. The summed E-state index contributed by atoms with van der Waals surface area (Å²) in [5, 5.41) is 0.464. The van der Waals surface area contributed by atoms with Gasteiger partial charge in [0.25, 0.3) is 0 Å². The van der Waals surface area contributed by atoms with Crippen LogP contribution in [0, 0.1) is 0 Å². The number of fused-ring (bicyclic) bond motifs is 1. The molecule has 0 spiro atoms. The molecule has 2 rings (SSSR count). The third-order valence-electron chi connectivity index (χ3n) is 1.90. The van der Waals surface area contributed by atoms with Gasteiger partial charge in [0.2, 0.25) is 11.9 Å². The number of carbonyl (C=O) groups is 1. The number of nitrogens with zero attached hydrogens (tertiary/aromatic N) is 3. The van der Waals surface area contributed by atoms with E-state index in [0.29, 0.717) is 16.2 Å². The van der Waals surface area contributed by atoms with Gasteiger partial charge in [-0.3, -0.25) is 9.36 Å². The second-order valence-electron chi connectivity index (χ2n) is 3.02. The van der Waals surface area contributed by atoms with Gasteiger partial charge < -0.3 is 11.5 Å². The largest absolute Gasteiger partial charge is 0.369 e. The lowest BCUT2D eigenvalue weighted by Crippen LogP contribution is -2.20. The van der Waals surface area contributed by atoms with Crippen LogP contribution in [0.1, 0.15) is 0 Å². The number of hydrogen-bond donors (Lipinski definition) is 2. The van der Waals surface area contributed by atoms with Gasteiger partial charge >= 0.3 is 0 Å². The van der Waals surface area contributed by atoms with Crippen molar-refractivity contribution in [1.29, 1.82) is 0 Å². The number of anilines is 1. The van der Waals surface area contributed by atoms with Crippen LogP contribution in [0.4, 0.5) is 5.95 Å². The highest BCUT2D eigenvalue weighted by Crippen LogP contribution is 2.18. The third kappa shape index (κ3) is 1.71. The summed E-state index contributed by atoms with van der Waals surface area (Å²) >= 11 is 5.74. The van der Waals surface area contributed by atoms with Crippen molar-refractivity contribution in [3.05, 3.63) is 17.3 Å². The van der Waals surface area contributed by atoms with E-state index in [4.69, 9.17) is 23.1 Å². The first-order valence-corrected chi connectivity index (χ1v) is 4.51. The number of imidazole rings is 1. The highest BCUT2D eigenvalue weighted by molar-refractivity contribution is 6.31. The molecule has 0 bridgehead atoms. The molecule has 1 amide bonds. The van der Waals surface area contributed by atoms with Gasteiger partial charge in [0.15, 0.2) is 5.65 Å². The van der Waals surface area contributed by atoms with Crippen molar-refractivity contribution in [2.24, 2.45) is 5.73 Å². The van der Waals surface area contributed by atoms with E-state index >= 15 is 0 Å². The van der Waals surface area contributed by atoms with E-state index in [-0.39, 0.29) is 12.5 Å². The zero-order valence-electron chi connectivity index (χ0n) is 7.64. The molecule has 0 aliphatic rings. The second kappa shape index (κ2) is 3.39. The van der Waals surface area contributed by atoms with Gasteiger partial charge in [0.1, 0.15) is 12.1 Å². The van der Waals surface area contributed by atoms with E-state index in [0.717, 1.165) is 0 Å². The minimum Gasteiger partial charge on any atom is -0.369 e. The zero-order chi connectivity index (χ0) is 11.0. The molecule has 6 nitrogen and oxygen atoms in total. The van der Waals surface area contributed by atoms with E-state index in [2.05, 4.69) is 9.97 Å². The minimum atomic E-state index is -0.502. The Labute approximate surface area is 89.8 Å². The number of carbonyl (C=O) groups excluding carboxylic acids is 1. The number of hydrogen-bond acceptors (Lipinski definition) is 4. The number of nitrogen functional groups attached to an aromatic ring is 1. The molecule has 78 valence electrons. The molecule has 0 aliphatic heterocycles. The highest BCUT2D eigenvalue weighted by atomic mass is 35.5. The molecular weight excluding hydrogens is 218 g/mol. The topological polar surface area (TPSA) is 99.8 Å². The van der Waals surface area contributed by atoms with Crippen molar-refractivity contribution in [3.63, 3.8) is 0 Å². The SMILES string of the molecule is NC(=O)Cn1c(N)nc2cc(Cl)cnc21. The monoisotopic (exact) mass is 225 g/mol. The maximum absolute atomic E-state index is 10.8. The quantitative estimate of drug-likeness (QED) is 0.760. The van der Waals surface area contributed by atoms with Crippen LogP contribution < -0.4 is 11.5 Å². The molecule has 2 heterocycles. The summed E-state index contributed by atoms with van der Waals surface area (Å²) in [5.41, 5.74) is 11.7. The van der Waals surface area contributed by atoms with Crippen LogP contribution in [-0.2, 0) is 11.3 Å². The fourth-order valence-corrected chi connectivity index (χ4v) is 1.47. The average molecular weight is 226 g/mol. The lowest BCUT2D eigenvalue weighted by molar-refractivity contribution is -0.118. The van der Waals surface area contributed by atoms with Crippen LogP contribution in [0.2, 0.25) is 5.02 Å². The first-order chi connectivity index (χ1) is 7.08. The van der Waals surface area contributed by atoms with Gasteiger partial charge in [0, 0.05) is 6.20 Å². The average Bonchev–Trinajstić information content (AvgIpc) is 2.41. The molecule has 0 radical (unpaired) electrons. The molecule has 0 saturated heterocycles. The Morgan fingerprint density at radius 3 is 3.00 bits per heavy atom. The summed E-state index contributed by atoms with van der Waals surface area (Å²) in [6.07, 6.45) is 1.46. The fourth-order valence-electron chi connectivity index (χ4n) is 1.32. The molecule has 2 aromatic rings. The maximum atomic E-state index is 10.8. The predicted molar refractivity (Wildman–Crippen MR) is 56.1 cm³/mol. The third-order valence-corrected chi connectivity index (χ3v) is 2.10. The van der Waals surface area contributed by atoms with Crippen molar-refractivity contribution in [2.45, 2.75) is 6.54 Å². The van der Waals surface area contributed by atoms with Gasteiger partial charge in [-0.15, -0.1) is 0 Å². The first-order valence-electron chi connectivity index (χ1n) is 4.13. The highest BCUT2D eigenvalue weighted by Gasteiger charge is 2.11. The second-order valence-corrected chi connectivity index (χ2v) is 3.46. The molecule has 0 aromatic carbocycles. The molecule has 0 unspecified atom stereocenters. The van der Waals surface area contributed by atoms with Crippen LogP contribution in [0.3, 0.4) is 0 Å². The van der Waals surface area contributed by atoms with E-state index in [1.165, 1.54) is 10.8 Å². The van der Waals surface area contributed by atoms with E-state index in [1.54, 1.807) is 6.07 Å². The standard InChI is InChI=1S/C8H8ClN5O/c9-4-1-5-7(12-2-4)14(3-6(10)15)8(11)13-5/h1-2H,3H2,(H2,10,15)(H2,11,13). The van der Waals surface area contributed by atoms with Crippen LogP contribution in [0.5, 0.6) is 0 Å². The lowest BCUT2D eigenvalue weighted by atomic mass is 10.4. The van der Waals surface area contributed by atoms with Crippen molar-refractivity contribution in [1.82, 2.24) is 14.5 Å². The summed E-state index contributed by atoms with van der Waals surface area (Å²) in [6.45, 7) is -0.0447. The number of primary amides is 1. The minimum absolute atomic E-state index is 0.0447. The number of halogens is 1. The van der Waals surface area contributed by atoms with E-state index in [1.807, 2.05) is 0 Å². The normalized spacial score (nSPS) is 10.7. The Balaban J connectivity index is 2.63. The summed E-state index contributed by atoms with van der Waals surface area (Å²) in [6, 6.07) is 1.62. The molecule has 0 fully saturated rings. The van der Waals surface area contributed by atoms with Crippen LogP contribution in [0.25, 0.3) is 11.2 Å². The number of aromatic nitrogens is 3. The molecule has 2 aromatic heterocycles. The molecule has 7 heteroatoms. The zero-order valence-corrected chi connectivity index (χ0v) is 8.40. The Kier molecular flexibility index (Phi) is 2.20. The molecule has 0 atom stereocenters. The van der Waals surface area contributed by atoms with Crippen LogP contribution in [0.15, 0.2) is 12.3 Å². The Morgan fingerprint density at radius 1 is 1.60 bits per heavy atom. The molecule has 4 N–H and O–H groups in total. The Bertz CT molecular complexity index is 535. The fraction of sp³-hybridized carbons (Fsp3) is 0.125. The van der Waals surface area contributed by atoms with E-state index in [9.17, 15) is 4.79 Å². The van der Waals surface area contributed by atoms with Gasteiger partial charge in [-0.05, 0) is 6.07 Å². The van der Waals surface area contributed by atoms with Gasteiger partial charge in [-0.2, -0.15) is 0 Å². The molecule has 0 saturated carbocycles. The number of amides is 1. The Morgan fingerprint density at radius 2 is 2.33 bits per heavy atom. The van der Waals surface area contributed by atoms with Gasteiger partial charge in [0.05, 0.1) is 5.02 Å². The molecular formula is C8H8ClN5O. The summed E-state index contributed by atoms with van der Waals surface area (Å²) in [4.78, 5) is 18.8. The Hall–Kier alpha value is -1.82. The number of rotatable bonds is 2. The maximum Gasteiger partial charge on any atom is 0.237 e. The first kappa shape index (κ1) is 9.72. The van der Waals surface area contributed by atoms with Crippen molar-refractivity contribution in [3.8, 4) is 0 Å². The molecule has 15 heavy (non-hydrogen) atoms. The molecule has 0 aliphatic carbocycles. The van der Waals surface area contributed by atoms with Crippen LogP contribution >= 0.6 is 11.6 Å². The number of nitrogens with two attached hydrogens (primary N) is 2. The van der Waals surface area contributed by atoms with E-state index < -0.39 is 5.91 Å². The van der Waals surface area contributed by atoms with Gasteiger partial charge in [-0.1, -0.05) is 11.6 Å². The number of pyridine rings is 1. The summed E-state index contributed by atoms with van der Waals surface area (Å²) in [7, 11) is 0. The summed E-state index contributed by atoms with van der Waals surface area (Å²) < 4.78 is 1.44.